The zero-order valence-electron chi connectivity index (χ0n) is 8.69. The Morgan fingerprint density at radius 1 is 1.40 bits per heavy atom. The van der Waals surface area contributed by atoms with Crippen molar-refractivity contribution in [2.24, 2.45) is 0 Å². The molecule has 0 aliphatic carbocycles. The molecule has 1 saturated heterocycles. The molecule has 0 atom stereocenters. The maximum absolute atomic E-state index is 8.74. The second-order valence-electron chi connectivity index (χ2n) is 3.75. The molecular weight excluding hydrogens is 192 g/mol. The fourth-order valence-corrected chi connectivity index (χ4v) is 1.53. The van der Waals surface area contributed by atoms with E-state index < -0.39 is 0 Å². The zero-order valence-corrected chi connectivity index (χ0v) is 8.69. The van der Waals surface area contributed by atoms with Gasteiger partial charge in [0.05, 0.1) is 13.2 Å². The Labute approximate surface area is 89.6 Å². The minimum atomic E-state index is 0.220. The molecule has 1 aliphatic rings. The first-order valence-corrected chi connectivity index (χ1v) is 5.32. The van der Waals surface area contributed by atoms with E-state index in [2.05, 4.69) is 6.07 Å². The van der Waals surface area contributed by atoms with E-state index in [-0.39, 0.29) is 12.7 Å². The predicted molar refractivity (Wildman–Crippen MR) is 57.1 cm³/mol. The number of aliphatic hydroxyl groups is 1. The Balaban J connectivity index is 1.92. The van der Waals surface area contributed by atoms with Gasteiger partial charge in [-0.3, -0.25) is 0 Å². The lowest BCUT2D eigenvalue weighted by Gasteiger charge is -2.26. The van der Waals surface area contributed by atoms with Gasteiger partial charge in [-0.2, -0.15) is 0 Å². The van der Waals surface area contributed by atoms with Gasteiger partial charge in [0.15, 0.2) is 0 Å². The van der Waals surface area contributed by atoms with Gasteiger partial charge in [-0.15, -0.1) is 0 Å². The highest BCUT2D eigenvalue weighted by Crippen LogP contribution is 2.18. The summed E-state index contributed by atoms with van der Waals surface area (Å²) in [7, 11) is 0. The molecule has 82 valence electrons. The first-order valence-electron chi connectivity index (χ1n) is 5.32. The Morgan fingerprint density at radius 3 is 2.93 bits per heavy atom. The van der Waals surface area contributed by atoms with Gasteiger partial charge >= 0.3 is 0 Å². The molecule has 0 aromatic heterocycles. The van der Waals surface area contributed by atoms with E-state index in [1.165, 1.54) is 5.56 Å². The fourth-order valence-electron chi connectivity index (χ4n) is 1.53. The molecule has 0 radical (unpaired) electrons. The second kappa shape index (κ2) is 5.14. The fraction of sp³-hybridized carbons (Fsp3) is 0.500. The summed E-state index contributed by atoms with van der Waals surface area (Å²) >= 11 is 0. The third kappa shape index (κ3) is 2.94. The van der Waals surface area contributed by atoms with Crippen molar-refractivity contribution < 1.29 is 14.6 Å². The van der Waals surface area contributed by atoms with E-state index in [0.717, 1.165) is 18.6 Å². The van der Waals surface area contributed by atoms with Crippen LogP contribution in [0.5, 0.6) is 5.75 Å². The number of rotatable bonds is 5. The molecule has 0 unspecified atom stereocenters. The van der Waals surface area contributed by atoms with Gasteiger partial charge in [0.1, 0.15) is 11.9 Å². The van der Waals surface area contributed by atoms with E-state index in [1.807, 2.05) is 18.2 Å². The molecule has 1 fully saturated rings. The zero-order chi connectivity index (χ0) is 10.5. The molecule has 2 rings (SSSR count). The molecule has 1 aromatic rings. The van der Waals surface area contributed by atoms with Gasteiger partial charge in [-0.25, -0.2) is 0 Å². The normalized spacial score (nSPS) is 16.1. The predicted octanol–water partition coefficient (Wildman–Crippen LogP) is 1.39. The van der Waals surface area contributed by atoms with Gasteiger partial charge in [-0.05, 0) is 30.5 Å². The summed E-state index contributed by atoms with van der Waals surface area (Å²) in [6.07, 6.45) is 1.92. The quantitative estimate of drug-likeness (QED) is 0.794. The molecule has 15 heavy (non-hydrogen) atoms. The summed E-state index contributed by atoms with van der Waals surface area (Å²) in [6, 6.07) is 8.04. The Hall–Kier alpha value is -1.06. The van der Waals surface area contributed by atoms with E-state index in [1.54, 1.807) is 0 Å². The molecule has 0 amide bonds. The smallest absolute Gasteiger partial charge is 0.145 e. The SMILES string of the molecule is OCCCc1cccc(OC2COC2)c1. The molecule has 3 heteroatoms. The molecule has 1 heterocycles. The van der Waals surface area contributed by atoms with Gasteiger partial charge in [0.2, 0.25) is 0 Å². The summed E-state index contributed by atoms with van der Waals surface area (Å²) in [6.45, 7) is 1.63. The maximum atomic E-state index is 8.74. The summed E-state index contributed by atoms with van der Waals surface area (Å²) in [5.74, 6) is 0.902. The number of benzene rings is 1. The first-order chi connectivity index (χ1) is 7.38. The van der Waals surface area contributed by atoms with Crippen molar-refractivity contribution >= 4 is 0 Å². The lowest BCUT2D eigenvalue weighted by molar-refractivity contribution is -0.0797. The summed E-state index contributed by atoms with van der Waals surface area (Å²) in [5.41, 5.74) is 1.21. The van der Waals surface area contributed by atoms with Crippen molar-refractivity contribution in [1.29, 1.82) is 0 Å². The van der Waals surface area contributed by atoms with Crippen LogP contribution in [0.4, 0.5) is 0 Å². The number of aliphatic hydroxyl groups excluding tert-OH is 1. The Morgan fingerprint density at radius 2 is 2.27 bits per heavy atom. The Kier molecular flexibility index (Phi) is 3.59. The summed E-state index contributed by atoms with van der Waals surface area (Å²) < 4.78 is 10.7. The average molecular weight is 208 g/mol. The highest BCUT2D eigenvalue weighted by atomic mass is 16.6. The van der Waals surface area contributed by atoms with Crippen LogP contribution in [0.2, 0.25) is 0 Å². The lowest BCUT2D eigenvalue weighted by Crippen LogP contribution is -2.38. The van der Waals surface area contributed by atoms with E-state index in [4.69, 9.17) is 14.6 Å². The van der Waals surface area contributed by atoms with Gasteiger partial charge < -0.3 is 14.6 Å². The van der Waals surface area contributed by atoms with Gasteiger partial charge in [0.25, 0.3) is 0 Å². The summed E-state index contributed by atoms with van der Waals surface area (Å²) in [5, 5.41) is 8.74. The van der Waals surface area contributed by atoms with Crippen LogP contribution in [0, 0.1) is 0 Å². The second-order valence-corrected chi connectivity index (χ2v) is 3.75. The standard InChI is InChI=1S/C12H16O3/c13-6-2-4-10-3-1-5-11(7-10)15-12-8-14-9-12/h1,3,5,7,12-13H,2,4,6,8-9H2. The van der Waals surface area contributed by atoms with E-state index >= 15 is 0 Å². The van der Waals surface area contributed by atoms with Crippen LogP contribution in [0.25, 0.3) is 0 Å². The number of hydrogen-bond acceptors (Lipinski definition) is 3. The van der Waals surface area contributed by atoms with Crippen LogP contribution in [0.1, 0.15) is 12.0 Å². The van der Waals surface area contributed by atoms with Crippen LogP contribution >= 0.6 is 0 Å². The van der Waals surface area contributed by atoms with Crippen LogP contribution in [-0.2, 0) is 11.2 Å². The topological polar surface area (TPSA) is 38.7 Å². The molecule has 1 aromatic carbocycles. The van der Waals surface area contributed by atoms with Crippen molar-refractivity contribution in [3.8, 4) is 5.75 Å². The minimum absolute atomic E-state index is 0.220. The molecule has 0 spiro atoms. The molecule has 1 aliphatic heterocycles. The Bertz CT molecular complexity index is 307. The van der Waals surface area contributed by atoms with Crippen molar-refractivity contribution in [3.05, 3.63) is 29.8 Å². The van der Waals surface area contributed by atoms with Crippen molar-refractivity contribution in [2.75, 3.05) is 19.8 Å². The van der Waals surface area contributed by atoms with Crippen molar-refractivity contribution in [3.63, 3.8) is 0 Å². The molecular formula is C12H16O3. The lowest BCUT2D eigenvalue weighted by atomic mass is 10.1. The highest BCUT2D eigenvalue weighted by molar-refractivity contribution is 5.28. The molecule has 0 bridgehead atoms. The van der Waals surface area contributed by atoms with E-state index in [0.29, 0.717) is 13.2 Å². The average Bonchev–Trinajstić information content (AvgIpc) is 2.21. The molecule has 1 N–H and O–H groups in total. The third-order valence-electron chi connectivity index (χ3n) is 2.43. The van der Waals surface area contributed by atoms with E-state index in [9.17, 15) is 0 Å². The van der Waals surface area contributed by atoms with Crippen LogP contribution < -0.4 is 4.74 Å². The number of ether oxygens (including phenoxy) is 2. The monoisotopic (exact) mass is 208 g/mol. The first kappa shape index (κ1) is 10.5. The largest absolute Gasteiger partial charge is 0.486 e. The van der Waals surface area contributed by atoms with Crippen molar-refractivity contribution in [1.82, 2.24) is 0 Å². The maximum Gasteiger partial charge on any atom is 0.145 e. The molecule has 3 nitrogen and oxygen atoms in total. The van der Waals surface area contributed by atoms with Crippen LogP contribution in [0.3, 0.4) is 0 Å². The minimum Gasteiger partial charge on any atom is -0.486 e. The van der Waals surface area contributed by atoms with Crippen molar-refractivity contribution in [2.45, 2.75) is 18.9 Å². The van der Waals surface area contributed by atoms with Gasteiger partial charge in [-0.1, -0.05) is 12.1 Å². The number of hydrogen-bond donors (Lipinski definition) is 1. The third-order valence-corrected chi connectivity index (χ3v) is 2.43. The van der Waals surface area contributed by atoms with Crippen LogP contribution in [0.15, 0.2) is 24.3 Å². The highest BCUT2D eigenvalue weighted by Gasteiger charge is 2.19. The van der Waals surface area contributed by atoms with Gasteiger partial charge in [0, 0.05) is 6.61 Å². The number of aryl methyl sites for hydroxylation is 1. The molecule has 0 saturated carbocycles. The van der Waals surface area contributed by atoms with Crippen LogP contribution in [-0.4, -0.2) is 31.0 Å². The summed E-state index contributed by atoms with van der Waals surface area (Å²) in [4.78, 5) is 0.